The van der Waals surface area contributed by atoms with Crippen molar-refractivity contribution in [1.29, 1.82) is 0 Å². The topological polar surface area (TPSA) is 41.6 Å². The maximum absolute atomic E-state index is 12.6. The third-order valence-corrected chi connectivity index (χ3v) is 5.24. The molecule has 0 aromatic heterocycles. The van der Waals surface area contributed by atoms with Gasteiger partial charge in [-0.3, -0.25) is 4.79 Å². The molecule has 1 heterocycles. The molecule has 0 spiro atoms. The van der Waals surface area contributed by atoms with Crippen LogP contribution in [0, 0.1) is 0 Å². The molecule has 1 aliphatic heterocycles. The fourth-order valence-corrected chi connectivity index (χ4v) is 3.81. The van der Waals surface area contributed by atoms with Crippen LogP contribution >= 0.6 is 0 Å². The Morgan fingerprint density at radius 3 is 2.59 bits per heavy atom. The van der Waals surface area contributed by atoms with Crippen molar-refractivity contribution >= 4 is 17.3 Å². The van der Waals surface area contributed by atoms with Gasteiger partial charge in [-0.1, -0.05) is 48.5 Å². The fraction of sp³-hybridized carbons (Fsp3) is 0.240. The zero-order chi connectivity index (χ0) is 20.1. The normalized spacial score (nSPS) is 12.5. The number of para-hydroxylation sites is 2. The summed E-state index contributed by atoms with van der Waals surface area (Å²) in [5, 5.41) is 3.10. The molecular formula is C25H26N2O2. The van der Waals surface area contributed by atoms with E-state index in [4.69, 9.17) is 4.74 Å². The lowest BCUT2D eigenvalue weighted by molar-refractivity contribution is -0.115. The number of hydrogen-bond donors (Lipinski definition) is 1. The second-order valence-electron chi connectivity index (χ2n) is 7.26. The van der Waals surface area contributed by atoms with Crippen LogP contribution in [0.4, 0.5) is 11.4 Å². The number of ether oxygens (including phenoxy) is 1. The van der Waals surface area contributed by atoms with Crippen molar-refractivity contribution in [2.24, 2.45) is 0 Å². The highest BCUT2D eigenvalue weighted by atomic mass is 16.5. The quantitative estimate of drug-likeness (QED) is 0.632. The third-order valence-electron chi connectivity index (χ3n) is 5.24. The summed E-state index contributed by atoms with van der Waals surface area (Å²) in [6.07, 6.45) is 1.41. The molecule has 0 saturated heterocycles. The van der Waals surface area contributed by atoms with Crippen LogP contribution in [0.15, 0.2) is 72.8 Å². The van der Waals surface area contributed by atoms with Gasteiger partial charge >= 0.3 is 0 Å². The van der Waals surface area contributed by atoms with Crippen molar-refractivity contribution in [3.63, 3.8) is 0 Å². The second kappa shape index (κ2) is 8.82. The van der Waals surface area contributed by atoms with Crippen molar-refractivity contribution in [3.05, 3.63) is 89.5 Å². The molecular weight excluding hydrogens is 360 g/mol. The van der Waals surface area contributed by atoms with E-state index in [0.717, 1.165) is 42.1 Å². The first-order valence-corrected chi connectivity index (χ1v) is 10.2. The van der Waals surface area contributed by atoms with E-state index in [9.17, 15) is 4.79 Å². The zero-order valence-electron chi connectivity index (χ0n) is 16.7. The minimum Gasteiger partial charge on any atom is -0.494 e. The highest BCUT2D eigenvalue weighted by Crippen LogP contribution is 2.30. The SMILES string of the molecule is CCOc1ccc(CC(=O)Nc2ccccc2CN2CCc3ccccc32)cc1. The van der Waals surface area contributed by atoms with Gasteiger partial charge in [-0.05, 0) is 54.3 Å². The number of anilines is 2. The summed E-state index contributed by atoms with van der Waals surface area (Å²) in [4.78, 5) is 15.0. The Bertz CT molecular complexity index is 982. The Kier molecular flexibility index (Phi) is 5.80. The van der Waals surface area contributed by atoms with E-state index in [1.54, 1.807) is 0 Å². The van der Waals surface area contributed by atoms with E-state index in [2.05, 4.69) is 40.5 Å². The highest BCUT2D eigenvalue weighted by Gasteiger charge is 2.19. The number of nitrogens with zero attached hydrogens (tertiary/aromatic N) is 1. The average Bonchev–Trinajstić information content (AvgIpc) is 3.14. The van der Waals surface area contributed by atoms with Gasteiger partial charge < -0.3 is 15.0 Å². The van der Waals surface area contributed by atoms with Crippen LogP contribution in [-0.2, 0) is 24.2 Å². The molecule has 4 nitrogen and oxygen atoms in total. The molecule has 4 rings (SSSR count). The van der Waals surface area contributed by atoms with Crippen LogP contribution in [-0.4, -0.2) is 19.1 Å². The Balaban J connectivity index is 1.42. The van der Waals surface area contributed by atoms with E-state index in [1.165, 1.54) is 11.3 Å². The van der Waals surface area contributed by atoms with Crippen LogP contribution in [0.3, 0.4) is 0 Å². The van der Waals surface area contributed by atoms with Crippen molar-refractivity contribution in [2.45, 2.75) is 26.3 Å². The summed E-state index contributed by atoms with van der Waals surface area (Å²) in [5.41, 5.74) is 5.67. The molecule has 0 fully saturated rings. The van der Waals surface area contributed by atoms with Gasteiger partial charge in [-0.15, -0.1) is 0 Å². The maximum Gasteiger partial charge on any atom is 0.228 e. The Morgan fingerprint density at radius 2 is 1.76 bits per heavy atom. The van der Waals surface area contributed by atoms with Gasteiger partial charge in [0.25, 0.3) is 0 Å². The predicted molar refractivity (Wildman–Crippen MR) is 118 cm³/mol. The zero-order valence-corrected chi connectivity index (χ0v) is 16.7. The number of hydrogen-bond acceptors (Lipinski definition) is 3. The van der Waals surface area contributed by atoms with Gasteiger partial charge in [0.05, 0.1) is 13.0 Å². The molecule has 29 heavy (non-hydrogen) atoms. The van der Waals surface area contributed by atoms with Crippen molar-refractivity contribution in [3.8, 4) is 5.75 Å². The smallest absolute Gasteiger partial charge is 0.228 e. The Hall–Kier alpha value is -3.27. The molecule has 148 valence electrons. The molecule has 3 aromatic rings. The number of benzene rings is 3. The summed E-state index contributed by atoms with van der Waals surface area (Å²) < 4.78 is 5.46. The fourth-order valence-electron chi connectivity index (χ4n) is 3.81. The van der Waals surface area contributed by atoms with E-state index in [1.807, 2.05) is 49.4 Å². The van der Waals surface area contributed by atoms with Gasteiger partial charge in [0.15, 0.2) is 0 Å². The first-order valence-electron chi connectivity index (χ1n) is 10.2. The summed E-state index contributed by atoms with van der Waals surface area (Å²) >= 11 is 0. The van der Waals surface area contributed by atoms with Gasteiger partial charge in [0.2, 0.25) is 5.91 Å². The Morgan fingerprint density at radius 1 is 1.00 bits per heavy atom. The minimum atomic E-state index is -0.0107. The van der Waals surface area contributed by atoms with Crippen LogP contribution in [0.25, 0.3) is 0 Å². The van der Waals surface area contributed by atoms with E-state index < -0.39 is 0 Å². The van der Waals surface area contributed by atoms with Crippen LogP contribution in [0.2, 0.25) is 0 Å². The lowest BCUT2D eigenvalue weighted by Gasteiger charge is -2.21. The highest BCUT2D eigenvalue weighted by molar-refractivity contribution is 5.93. The lowest BCUT2D eigenvalue weighted by atomic mass is 10.1. The molecule has 1 amide bonds. The molecule has 3 aromatic carbocycles. The molecule has 1 N–H and O–H groups in total. The van der Waals surface area contributed by atoms with E-state index >= 15 is 0 Å². The summed E-state index contributed by atoms with van der Waals surface area (Å²) in [6.45, 7) is 4.39. The third kappa shape index (κ3) is 4.60. The number of amides is 1. The minimum absolute atomic E-state index is 0.0107. The lowest BCUT2D eigenvalue weighted by Crippen LogP contribution is -2.22. The van der Waals surface area contributed by atoms with Crippen LogP contribution in [0.1, 0.15) is 23.6 Å². The summed E-state index contributed by atoms with van der Waals surface area (Å²) in [6, 6.07) is 24.3. The largest absolute Gasteiger partial charge is 0.494 e. The monoisotopic (exact) mass is 386 g/mol. The van der Waals surface area contributed by atoms with Gasteiger partial charge in [-0.25, -0.2) is 0 Å². The number of carbonyl (C=O) groups is 1. The second-order valence-corrected chi connectivity index (χ2v) is 7.26. The number of nitrogens with one attached hydrogen (secondary N) is 1. The number of carbonyl (C=O) groups excluding carboxylic acids is 1. The first kappa shape index (κ1) is 19.1. The van der Waals surface area contributed by atoms with E-state index in [-0.39, 0.29) is 5.91 Å². The van der Waals surface area contributed by atoms with Crippen molar-refractivity contribution in [1.82, 2.24) is 0 Å². The number of rotatable bonds is 7. The maximum atomic E-state index is 12.6. The van der Waals surface area contributed by atoms with Gasteiger partial charge in [-0.2, -0.15) is 0 Å². The summed E-state index contributed by atoms with van der Waals surface area (Å²) in [7, 11) is 0. The molecule has 4 heteroatoms. The first-order chi connectivity index (χ1) is 14.2. The molecule has 1 aliphatic rings. The van der Waals surface area contributed by atoms with Gasteiger partial charge in [0, 0.05) is 24.5 Å². The molecule has 0 saturated carbocycles. The molecule has 0 aliphatic carbocycles. The van der Waals surface area contributed by atoms with Crippen molar-refractivity contribution < 1.29 is 9.53 Å². The Labute approximate surface area is 172 Å². The molecule has 0 atom stereocenters. The van der Waals surface area contributed by atoms with Crippen LogP contribution in [0.5, 0.6) is 5.75 Å². The predicted octanol–water partition coefficient (Wildman–Crippen LogP) is 4.83. The van der Waals surface area contributed by atoms with E-state index in [0.29, 0.717) is 13.0 Å². The molecule has 0 bridgehead atoms. The van der Waals surface area contributed by atoms with Crippen molar-refractivity contribution in [2.75, 3.05) is 23.4 Å². The molecule has 0 radical (unpaired) electrons. The summed E-state index contributed by atoms with van der Waals surface area (Å²) in [5.74, 6) is 0.816. The number of fused-ring (bicyclic) bond motifs is 1. The van der Waals surface area contributed by atoms with Crippen LogP contribution < -0.4 is 15.0 Å². The standard InChI is InChI=1S/C25H26N2O2/c1-2-29-22-13-11-19(12-14-22)17-25(28)26-23-9-5-3-8-21(23)18-27-16-15-20-7-4-6-10-24(20)27/h3-14H,2,15-18H2,1H3,(H,26,28). The average molecular weight is 386 g/mol. The molecule has 0 unspecified atom stereocenters. The van der Waals surface area contributed by atoms with Gasteiger partial charge in [0.1, 0.15) is 5.75 Å².